The lowest BCUT2D eigenvalue weighted by molar-refractivity contribution is -0.692. The number of nitrogens with zero attached hydrogens (tertiary/aromatic N) is 2. The fraction of sp³-hybridized carbons (Fsp3) is 0.435. The molecule has 1 aliphatic heterocycles. The average Bonchev–Trinajstić information content (AvgIpc) is 3.09. The minimum Gasteiger partial charge on any atom is -0.371 e. The smallest absolute Gasteiger partial charge is 0.172 e. The summed E-state index contributed by atoms with van der Waals surface area (Å²) in [5, 5.41) is 0. The zero-order valence-electron chi connectivity index (χ0n) is 15.7. The van der Waals surface area contributed by atoms with E-state index in [9.17, 15) is 0 Å². The highest BCUT2D eigenvalue weighted by Crippen LogP contribution is 2.32. The second-order valence-corrected chi connectivity index (χ2v) is 8.25. The molecule has 2 aromatic rings. The minimum absolute atomic E-state index is 0.820. The van der Waals surface area contributed by atoms with E-state index in [4.69, 9.17) is 0 Å². The van der Waals surface area contributed by atoms with Crippen molar-refractivity contribution in [2.45, 2.75) is 39.2 Å². The Morgan fingerprint density at radius 1 is 1.19 bits per heavy atom. The summed E-state index contributed by atoms with van der Waals surface area (Å²) in [5.41, 5.74) is 7.08. The SMILES string of the molecule is CC1CCN(c2ccc(/C=C3\CCCc4c[n+](CCS)ccc43)cc2)C1. The average molecular weight is 366 g/mol. The van der Waals surface area contributed by atoms with E-state index in [-0.39, 0.29) is 0 Å². The topological polar surface area (TPSA) is 7.12 Å². The molecule has 26 heavy (non-hydrogen) atoms. The van der Waals surface area contributed by atoms with Gasteiger partial charge in [0.2, 0.25) is 0 Å². The van der Waals surface area contributed by atoms with Gasteiger partial charge in [-0.1, -0.05) is 25.1 Å². The molecule has 2 aliphatic rings. The molecule has 1 saturated heterocycles. The summed E-state index contributed by atoms with van der Waals surface area (Å²) in [7, 11) is 0. The van der Waals surface area contributed by atoms with Crippen LogP contribution in [0.3, 0.4) is 0 Å². The lowest BCUT2D eigenvalue weighted by Crippen LogP contribution is -2.35. The van der Waals surface area contributed by atoms with Crippen molar-refractivity contribution in [3.63, 3.8) is 0 Å². The number of hydrogen-bond donors (Lipinski definition) is 1. The zero-order valence-corrected chi connectivity index (χ0v) is 16.6. The Balaban J connectivity index is 1.55. The van der Waals surface area contributed by atoms with Crippen molar-refractivity contribution >= 4 is 30.0 Å². The summed E-state index contributed by atoms with van der Waals surface area (Å²) < 4.78 is 2.26. The molecule has 2 nitrogen and oxygen atoms in total. The van der Waals surface area contributed by atoms with E-state index in [2.05, 4.69) is 77.8 Å². The fourth-order valence-corrected chi connectivity index (χ4v) is 4.49. The van der Waals surface area contributed by atoms with Crippen molar-refractivity contribution in [3.8, 4) is 0 Å². The van der Waals surface area contributed by atoms with Gasteiger partial charge < -0.3 is 4.90 Å². The summed E-state index contributed by atoms with van der Waals surface area (Å²) in [6, 6.07) is 11.4. The molecule has 1 fully saturated rings. The zero-order chi connectivity index (χ0) is 17.9. The molecular weight excluding hydrogens is 336 g/mol. The predicted molar refractivity (Wildman–Crippen MR) is 114 cm³/mol. The molecule has 3 heteroatoms. The van der Waals surface area contributed by atoms with Gasteiger partial charge in [0.1, 0.15) is 0 Å². The molecule has 2 heterocycles. The van der Waals surface area contributed by atoms with Crippen molar-refractivity contribution in [2.24, 2.45) is 5.92 Å². The standard InChI is InChI=1S/C23H28N2S/c1-18-9-12-25(16-18)22-7-5-19(6-8-22)15-20-3-2-4-21-17-24(13-14-26)11-10-23(20)21/h5-8,10-11,15,17-18H,2-4,9,12-14,16H2,1H3/p+1. The second kappa shape index (κ2) is 7.87. The summed E-state index contributed by atoms with van der Waals surface area (Å²) >= 11 is 4.35. The molecule has 0 amide bonds. The van der Waals surface area contributed by atoms with Crippen molar-refractivity contribution in [3.05, 3.63) is 59.4 Å². The number of aromatic nitrogens is 1. The van der Waals surface area contributed by atoms with Crippen LogP contribution in [0.5, 0.6) is 0 Å². The van der Waals surface area contributed by atoms with Gasteiger partial charge in [0, 0.05) is 36.2 Å². The van der Waals surface area contributed by atoms with Crippen LogP contribution in [0.4, 0.5) is 5.69 Å². The highest BCUT2D eigenvalue weighted by molar-refractivity contribution is 7.80. The fourth-order valence-electron chi connectivity index (χ4n) is 4.26. The number of pyridine rings is 1. The number of hydrogen-bond acceptors (Lipinski definition) is 2. The summed E-state index contributed by atoms with van der Waals surface area (Å²) in [6.45, 7) is 5.71. The van der Waals surface area contributed by atoms with Gasteiger partial charge in [-0.2, -0.15) is 12.6 Å². The van der Waals surface area contributed by atoms with E-state index in [0.29, 0.717) is 0 Å². The maximum absolute atomic E-state index is 4.35. The van der Waals surface area contributed by atoms with E-state index in [1.807, 2.05) is 0 Å². The van der Waals surface area contributed by atoms with Crippen LogP contribution in [0.15, 0.2) is 42.7 Å². The molecule has 0 N–H and O–H groups in total. The highest BCUT2D eigenvalue weighted by Gasteiger charge is 2.19. The Morgan fingerprint density at radius 2 is 2.04 bits per heavy atom. The molecule has 0 saturated carbocycles. The first-order valence-electron chi connectivity index (χ1n) is 9.92. The van der Waals surface area contributed by atoms with Crippen molar-refractivity contribution < 1.29 is 4.57 Å². The van der Waals surface area contributed by atoms with Crippen LogP contribution < -0.4 is 9.47 Å². The maximum atomic E-state index is 4.35. The molecule has 1 unspecified atom stereocenters. The van der Waals surface area contributed by atoms with Gasteiger partial charge >= 0.3 is 0 Å². The van der Waals surface area contributed by atoms with Gasteiger partial charge in [0.25, 0.3) is 0 Å². The van der Waals surface area contributed by atoms with Crippen LogP contribution in [0.2, 0.25) is 0 Å². The van der Waals surface area contributed by atoms with Crippen LogP contribution in [0.1, 0.15) is 42.9 Å². The first-order chi connectivity index (χ1) is 12.7. The Labute approximate surface area is 163 Å². The highest BCUT2D eigenvalue weighted by atomic mass is 32.1. The quantitative estimate of drug-likeness (QED) is 0.613. The third-order valence-corrected chi connectivity index (χ3v) is 5.92. The van der Waals surface area contributed by atoms with Crippen LogP contribution in [0.25, 0.3) is 11.6 Å². The molecule has 136 valence electrons. The van der Waals surface area contributed by atoms with E-state index in [0.717, 1.165) is 18.2 Å². The lowest BCUT2D eigenvalue weighted by Gasteiger charge is -2.19. The van der Waals surface area contributed by atoms with E-state index >= 15 is 0 Å². The van der Waals surface area contributed by atoms with Gasteiger partial charge in [-0.25, -0.2) is 4.57 Å². The molecule has 1 aromatic heterocycles. The third-order valence-electron chi connectivity index (χ3n) is 5.72. The first-order valence-corrected chi connectivity index (χ1v) is 10.5. The Bertz CT molecular complexity index is 794. The number of rotatable bonds is 4. The van der Waals surface area contributed by atoms with Gasteiger partial charge in [-0.05, 0) is 60.4 Å². The van der Waals surface area contributed by atoms with Crippen LogP contribution in [0, 0.1) is 5.92 Å². The summed E-state index contributed by atoms with van der Waals surface area (Å²) in [6.07, 6.45) is 11.8. The maximum Gasteiger partial charge on any atom is 0.172 e. The van der Waals surface area contributed by atoms with Gasteiger partial charge in [0.15, 0.2) is 18.9 Å². The molecule has 1 atom stereocenters. The predicted octanol–water partition coefficient (Wildman–Crippen LogP) is 4.63. The Hall–Kier alpha value is -1.74. The van der Waals surface area contributed by atoms with Crippen molar-refractivity contribution in [2.75, 3.05) is 23.7 Å². The number of thiol groups is 1. The van der Waals surface area contributed by atoms with Gasteiger partial charge in [-0.3, -0.25) is 0 Å². The second-order valence-electron chi connectivity index (χ2n) is 7.80. The van der Waals surface area contributed by atoms with Gasteiger partial charge in [0.05, 0.1) is 0 Å². The Morgan fingerprint density at radius 3 is 2.77 bits per heavy atom. The number of anilines is 1. The molecule has 1 aromatic carbocycles. The monoisotopic (exact) mass is 365 g/mol. The number of benzene rings is 1. The molecule has 4 rings (SSSR count). The third kappa shape index (κ3) is 3.83. The van der Waals surface area contributed by atoms with Gasteiger partial charge in [-0.15, -0.1) is 0 Å². The summed E-state index contributed by atoms with van der Waals surface area (Å²) in [5.74, 6) is 1.70. The van der Waals surface area contributed by atoms with Crippen LogP contribution in [-0.4, -0.2) is 18.8 Å². The van der Waals surface area contributed by atoms with E-state index in [1.54, 1.807) is 0 Å². The van der Waals surface area contributed by atoms with Crippen LogP contribution in [-0.2, 0) is 13.0 Å². The van der Waals surface area contributed by atoms with E-state index in [1.165, 1.54) is 66.7 Å². The normalized spacial score (nSPS) is 21.2. The minimum atomic E-state index is 0.820. The largest absolute Gasteiger partial charge is 0.371 e. The molecule has 0 radical (unpaired) electrons. The molecular formula is C23H29N2S+. The Kier molecular flexibility index (Phi) is 5.35. The summed E-state index contributed by atoms with van der Waals surface area (Å²) in [4.78, 5) is 2.51. The van der Waals surface area contributed by atoms with Crippen molar-refractivity contribution in [1.82, 2.24) is 0 Å². The molecule has 1 aliphatic carbocycles. The number of allylic oxidation sites excluding steroid dienone is 1. The van der Waals surface area contributed by atoms with Crippen LogP contribution >= 0.6 is 12.6 Å². The van der Waals surface area contributed by atoms with Crippen molar-refractivity contribution in [1.29, 1.82) is 0 Å². The van der Waals surface area contributed by atoms with E-state index < -0.39 is 0 Å². The first kappa shape index (κ1) is 17.7. The molecule has 0 bridgehead atoms. The lowest BCUT2D eigenvalue weighted by atomic mass is 9.87. The number of aryl methyl sites for hydroxylation is 2. The number of fused-ring (bicyclic) bond motifs is 1. The molecule has 0 spiro atoms.